The van der Waals surface area contributed by atoms with Crippen LogP contribution in [0.2, 0.25) is 0 Å². The van der Waals surface area contributed by atoms with E-state index in [1.54, 1.807) is 12.2 Å². The van der Waals surface area contributed by atoms with Crippen LogP contribution in [0.15, 0.2) is 23.8 Å². The molecule has 0 spiro atoms. The minimum absolute atomic E-state index is 0.292. The fourth-order valence-electron chi connectivity index (χ4n) is 1.13. The van der Waals surface area contributed by atoms with E-state index in [1.165, 1.54) is 0 Å². The maximum atomic E-state index is 10.3. The van der Waals surface area contributed by atoms with E-state index in [0.717, 1.165) is 0 Å². The highest BCUT2D eigenvalue weighted by Gasteiger charge is 2.18. The molecule has 3 nitrogen and oxygen atoms in total. The zero-order chi connectivity index (χ0) is 9.84. The van der Waals surface area contributed by atoms with Crippen LogP contribution < -0.4 is 0 Å². The van der Waals surface area contributed by atoms with Crippen molar-refractivity contribution >= 4 is 23.1 Å². The first-order valence-corrected chi connectivity index (χ1v) is 4.32. The van der Waals surface area contributed by atoms with Gasteiger partial charge < -0.3 is 10.2 Å². The Bertz CT molecular complexity index is 291. The van der Waals surface area contributed by atoms with Crippen LogP contribution in [-0.4, -0.2) is 27.2 Å². The van der Waals surface area contributed by atoms with Crippen LogP contribution in [0.1, 0.15) is 12.8 Å². The lowest BCUT2D eigenvalue weighted by molar-refractivity contribution is -0.138. The molecule has 13 heavy (non-hydrogen) atoms. The van der Waals surface area contributed by atoms with Gasteiger partial charge in [0, 0.05) is 11.3 Å². The van der Waals surface area contributed by atoms with Gasteiger partial charge >= 0.3 is 5.97 Å². The van der Waals surface area contributed by atoms with Gasteiger partial charge in [0.1, 0.15) is 0 Å². The van der Waals surface area contributed by atoms with Gasteiger partial charge in [-0.15, -0.1) is 0 Å². The molecule has 0 aliphatic heterocycles. The van der Waals surface area contributed by atoms with E-state index in [1.807, 2.05) is 6.08 Å². The third kappa shape index (κ3) is 2.75. The lowest BCUT2D eigenvalue weighted by Crippen LogP contribution is -2.21. The van der Waals surface area contributed by atoms with Gasteiger partial charge in [-0.3, -0.25) is 4.79 Å². The molecule has 0 bridgehead atoms. The monoisotopic (exact) mass is 198 g/mol. The fraction of sp³-hybridized carbons (Fsp3) is 0.333. The van der Waals surface area contributed by atoms with Crippen LogP contribution in [0, 0.1) is 0 Å². The van der Waals surface area contributed by atoms with Crippen molar-refractivity contribution < 1.29 is 15.0 Å². The van der Waals surface area contributed by atoms with Crippen molar-refractivity contribution in [2.75, 3.05) is 0 Å². The van der Waals surface area contributed by atoms with Gasteiger partial charge in [-0.05, 0) is 5.57 Å². The summed E-state index contributed by atoms with van der Waals surface area (Å²) in [6.45, 7) is 0. The Morgan fingerprint density at radius 1 is 1.69 bits per heavy atom. The number of thiocarbonyl (C=S) groups is 1. The second-order valence-electron chi connectivity index (χ2n) is 2.79. The smallest absolute Gasteiger partial charge is 0.306 e. The normalized spacial score (nSPS) is 18.2. The summed E-state index contributed by atoms with van der Waals surface area (Å²) in [6.07, 6.45) is 4.65. The third-order valence-electron chi connectivity index (χ3n) is 1.76. The largest absolute Gasteiger partial charge is 0.481 e. The molecule has 0 heterocycles. The second-order valence-corrected chi connectivity index (χ2v) is 3.28. The number of allylic oxidation sites excluding steroid dienone is 3. The maximum absolute atomic E-state index is 10.3. The van der Waals surface area contributed by atoms with E-state index in [4.69, 9.17) is 17.3 Å². The minimum atomic E-state index is -1.02. The summed E-state index contributed by atoms with van der Waals surface area (Å²) < 4.78 is 0. The Morgan fingerprint density at radius 2 is 2.38 bits per heavy atom. The Morgan fingerprint density at radius 3 is 2.92 bits per heavy atom. The lowest BCUT2D eigenvalue weighted by Gasteiger charge is -2.15. The van der Waals surface area contributed by atoms with Crippen molar-refractivity contribution in [3.63, 3.8) is 0 Å². The second kappa shape index (κ2) is 4.30. The van der Waals surface area contributed by atoms with Crippen LogP contribution in [0.5, 0.6) is 0 Å². The summed E-state index contributed by atoms with van der Waals surface area (Å²) in [5, 5.41) is 17.9. The topological polar surface area (TPSA) is 57.5 Å². The van der Waals surface area contributed by atoms with E-state index in [9.17, 15) is 9.90 Å². The van der Waals surface area contributed by atoms with Crippen molar-refractivity contribution in [2.24, 2.45) is 0 Å². The molecule has 1 atom stereocenters. The van der Waals surface area contributed by atoms with Gasteiger partial charge in [0.15, 0.2) is 0 Å². The number of carboxylic acid groups (broad SMARTS) is 1. The molecule has 4 heteroatoms. The quantitative estimate of drug-likeness (QED) is 0.666. The molecule has 0 radical (unpaired) electrons. The number of aliphatic carboxylic acids is 1. The van der Waals surface area contributed by atoms with Crippen LogP contribution in [0.25, 0.3) is 0 Å². The molecule has 0 saturated carbocycles. The summed E-state index contributed by atoms with van der Waals surface area (Å²) in [5.41, 5.74) is 0.555. The van der Waals surface area contributed by atoms with Gasteiger partial charge in [0.25, 0.3) is 0 Å². The number of hydrogen-bond acceptors (Lipinski definition) is 3. The molecule has 0 aromatic heterocycles. The third-order valence-corrected chi connectivity index (χ3v) is 2.17. The molecule has 1 aliphatic rings. The number of carbonyl (C=O) groups is 1. The average Bonchev–Trinajstić information content (AvgIpc) is 2.03. The lowest BCUT2D eigenvalue weighted by atomic mass is 9.98. The predicted octanol–water partition coefficient (Wildman–Crippen LogP) is 1.08. The van der Waals surface area contributed by atoms with Crippen molar-refractivity contribution in [1.82, 2.24) is 0 Å². The van der Waals surface area contributed by atoms with Crippen LogP contribution in [0.4, 0.5) is 0 Å². The standard InChI is InChI=1S/C9H10O3S/c10-7(5-9(11)12)6-3-1-2-4-8(6)13/h1-3,7,10H,4-5H2,(H,11,12)/t7-/m0/s1. The number of aliphatic hydroxyl groups is 1. The highest BCUT2D eigenvalue weighted by atomic mass is 32.1. The van der Waals surface area contributed by atoms with Gasteiger partial charge in [-0.25, -0.2) is 0 Å². The van der Waals surface area contributed by atoms with Gasteiger partial charge in [0.05, 0.1) is 12.5 Å². The van der Waals surface area contributed by atoms with Gasteiger partial charge in [-0.1, -0.05) is 30.4 Å². The predicted molar refractivity (Wildman–Crippen MR) is 52.7 cm³/mol. The fourth-order valence-corrected chi connectivity index (χ4v) is 1.43. The highest BCUT2D eigenvalue weighted by Crippen LogP contribution is 2.15. The number of hydrogen-bond donors (Lipinski definition) is 2. The molecule has 0 unspecified atom stereocenters. The summed E-state index contributed by atoms with van der Waals surface area (Å²) in [6, 6.07) is 0. The zero-order valence-electron chi connectivity index (χ0n) is 6.93. The molecule has 0 saturated heterocycles. The molecule has 1 rings (SSSR count). The van der Waals surface area contributed by atoms with E-state index >= 15 is 0 Å². The van der Waals surface area contributed by atoms with Gasteiger partial charge in [-0.2, -0.15) is 0 Å². The number of rotatable bonds is 3. The Hall–Kier alpha value is -1.00. The number of carboxylic acids is 1. The first kappa shape index (κ1) is 10.1. The first-order valence-electron chi connectivity index (χ1n) is 3.91. The molecule has 0 aromatic rings. The summed E-state index contributed by atoms with van der Waals surface area (Å²) >= 11 is 4.98. The zero-order valence-corrected chi connectivity index (χ0v) is 7.75. The van der Waals surface area contributed by atoms with Crippen molar-refractivity contribution in [3.8, 4) is 0 Å². The van der Waals surface area contributed by atoms with Crippen molar-refractivity contribution in [3.05, 3.63) is 23.8 Å². The number of aliphatic hydroxyl groups excluding tert-OH is 1. The van der Waals surface area contributed by atoms with Crippen LogP contribution in [0.3, 0.4) is 0 Å². The van der Waals surface area contributed by atoms with Crippen LogP contribution >= 0.6 is 12.2 Å². The summed E-state index contributed by atoms with van der Waals surface area (Å²) in [7, 11) is 0. The molecule has 0 amide bonds. The molecular weight excluding hydrogens is 188 g/mol. The molecule has 1 aliphatic carbocycles. The summed E-state index contributed by atoms with van der Waals surface area (Å²) in [4.78, 5) is 10.9. The van der Waals surface area contributed by atoms with E-state index in [-0.39, 0.29) is 6.42 Å². The van der Waals surface area contributed by atoms with Crippen molar-refractivity contribution in [2.45, 2.75) is 18.9 Å². The Kier molecular flexibility index (Phi) is 3.33. The molecular formula is C9H10O3S. The average molecular weight is 198 g/mol. The Labute approximate surface area is 81.4 Å². The maximum Gasteiger partial charge on any atom is 0.306 e. The highest BCUT2D eigenvalue weighted by molar-refractivity contribution is 7.80. The van der Waals surface area contributed by atoms with Crippen LogP contribution in [-0.2, 0) is 4.79 Å². The SMILES string of the molecule is O=C(O)C[C@H](O)C1=CC=CCC1=S. The van der Waals surface area contributed by atoms with E-state index < -0.39 is 12.1 Å². The van der Waals surface area contributed by atoms with E-state index in [2.05, 4.69) is 0 Å². The Balaban J connectivity index is 2.69. The van der Waals surface area contributed by atoms with Crippen molar-refractivity contribution in [1.29, 1.82) is 0 Å². The molecule has 0 aromatic carbocycles. The molecule has 2 N–H and O–H groups in total. The molecule has 70 valence electrons. The van der Waals surface area contributed by atoms with E-state index in [0.29, 0.717) is 16.9 Å². The van der Waals surface area contributed by atoms with Gasteiger partial charge in [0.2, 0.25) is 0 Å². The first-order chi connectivity index (χ1) is 6.11. The molecule has 0 fully saturated rings. The minimum Gasteiger partial charge on any atom is -0.481 e. The summed E-state index contributed by atoms with van der Waals surface area (Å²) in [5.74, 6) is -1.02.